The molecule has 8 heteroatoms. The molecule has 0 aliphatic carbocycles. The van der Waals surface area contributed by atoms with E-state index < -0.39 is 5.82 Å². The summed E-state index contributed by atoms with van der Waals surface area (Å²) < 4.78 is 18.9. The van der Waals surface area contributed by atoms with Gasteiger partial charge in [-0.05, 0) is 25.0 Å². The van der Waals surface area contributed by atoms with Crippen molar-refractivity contribution in [2.24, 2.45) is 0 Å². The second kappa shape index (κ2) is 8.57. The van der Waals surface area contributed by atoms with Crippen molar-refractivity contribution in [2.45, 2.75) is 25.7 Å². The molecule has 1 fully saturated rings. The lowest BCUT2D eigenvalue weighted by Crippen LogP contribution is -2.44. The van der Waals surface area contributed by atoms with E-state index in [0.29, 0.717) is 18.8 Å². The van der Waals surface area contributed by atoms with Gasteiger partial charge in [-0.2, -0.15) is 0 Å². The number of piperidine rings is 1. The predicted octanol–water partition coefficient (Wildman–Crippen LogP) is 2.25. The maximum Gasteiger partial charge on any atom is 0.241 e. The van der Waals surface area contributed by atoms with Crippen LogP contribution in [0.25, 0.3) is 0 Å². The van der Waals surface area contributed by atoms with Gasteiger partial charge in [0.1, 0.15) is 11.6 Å². The number of nitrogens with one attached hydrogen (secondary N) is 1. The van der Waals surface area contributed by atoms with Crippen LogP contribution < -0.4 is 10.1 Å². The smallest absolute Gasteiger partial charge is 0.241 e. The number of aromatic nitrogens is 2. The summed E-state index contributed by atoms with van der Waals surface area (Å²) >= 11 is 0. The van der Waals surface area contributed by atoms with Crippen LogP contribution in [0.3, 0.4) is 0 Å². The number of likely N-dealkylation sites (tertiary alicyclic amines) is 1. The van der Waals surface area contributed by atoms with Gasteiger partial charge in [-0.3, -0.25) is 14.6 Å². The number of carbonyl (C=O) groups is 2. The molecule has 0 spiro atoms. The van der Waals surface area contributed by atoms with Crippen molar-refractivity contribution in [3.63, 3.8) is 0 Å². The van der Waals surface area contributed by atoms with Gasteiger partial charge in [-0.15, -0.1) is 0 Å². The van der Waals surface area contributed by atoms with Gasteiger partial charge in [0.2, 0.25) is 17.7 Å². The SMILES string of the molecule is CC(=O)NCC(=O)N1CCCC(c2cncc(Oc3cccc(F)c3)n2)C1. The summed E-state index contributed by atoms with van der Waals surface area (Å²) in [5.74, 6) is -0.0854. The zero-order valence-electron chi connectivity index (χ0n) is 15.0. The van der Waals surface area contributed by atoms with Crippen LogP contribution in [0.1, 0.15) is 31.4 Å². The van der Waals surface area contributed by atoms with Crippen LogP contribution in [-0.2, 0) is 9.59 Å². The van der Waals surface area contributed by atoms with Gasteiger partial charge >= 0.3 is 0 Å². The molecule has 0 radical (unpaired) electrons. The normalized spacial score (nSPS) is 16.7. The number of hydrogen-bond acceptors (Lipinski definition) is 5. The van der Waals surface area contributed by atoms with E-state index >= 15 is 0 Å². The second-order valence-corrected chi connectivity index (χ2v) is 6.43. The number of carbonyl (C=O) groups excluding carboxylic acids is 2. The quantitative estimate of drug-likeness (QED) is 0.870. The average molecular weight is 372 g/mol. The fourth-order valence-electron chi connectivity index (χ4n) is 3.02. The van der Waals surface area contributed by atoms with Gasteiger partial charge in [-0.1, -0.05) is 6.07 Å². The highest BCUT2D eigenvalue weighted by Crippen LogP contribution is 2.27. The summed E-state index contributed by atoms with van der Waals surface area (Å²) in [5.41, 5.74) is 0.723. The molecule has 2 heterocycles. The number of rotatable bonds is 5. The lowest BCUT2D eigenvalue weighted by atomic mass is 9.95. The molecular formula is C19H21FN4O3. The van der Waals surface area contributed by atoms with Crippen molar-refractivity contribution in [3.05, 3.63) is 48.2 Å². The second-order valence-electron chi connectivity index (χ2n) is 6.43. The lowest BCUT2D eigenvalue weighted by Gasteiger charge is -2.32. The van der Waals surface area contributed by atoms with E-state index in [-0.39, 0.29) is 30.2 Å². The highest BCUT2D eigenvalue weighted by molar-refractivity contribution is 5.83. The van der Waals surface area contributed by atoms with E-state index in [9.17, 15) is 14.0 Å². The summed E-state index contributed by atoms with van der Waals surface area (Å²) in [6.07, 6.45) is 4.84. The van der Waals surface area contributed by atoms with Gasteiger partial charge < -0.3 is 15.0 Å². The lowest BCUT2D eigenvalue weighted by molar-refractivity contribution is -0.133. The topological polar surface area (TPSA) is 84.4 Å². The maximum absolute atomic E-state index is 13.3. The highest BCUT2D eigenvalue weighted by Gasteiger charge is 2.26. The molecule has 0 bridgehead atoms. The molecule has 1 unspecified atom stereocenters. The molecule has 2 amide bonds. The zero-order valence-corrected chi connectivity index (χ0v) is 15.0. The Bertz CT molecular complexity index is 830. The Hall–Kier alpha value is -3.03. The molecule has 1 aromatic heterocycles. The van der Waals surface area contributed by atoms with Crippen LogP contribution in [0.2, 0.25) is 0 Å². The van der Waals surface area contributed by atoms with Crippen molar-refractivity contribution < 1.29 is 18.7 Å². The number of halogens is 1. The van der Waals surface area contributed by atoms with Crippen molar-refractivity contribution in [1.82, 2.24) is 20.2 Å². The Morgan fingerprint density at radius 1 is 1.37 bits per heavy atom. The average Bonchev–Trinajstić information content (AvgIpc) is 2.66. The van der Waals surface area contributed by atoms with E-state index in [1.807, 2.05) is 0 Å². The standard InChI is InChI=1S/C19H21FN4O3/c1-13(25)22-11-19(26)24-7-3-4-14(12-24)17-9-21-10-18(23-17)27-16-6-2-5-15(20)8-16/h2,5-6,8-10,14H,3-4,7,11-12H2,1H3,(H,22,25). The van der Waals surface area contributed by atoms with Crippen LogP contribution in [0.5, 0.6) is 11.6 Å². The molecule has 1 N–H and O–H groups in total. The minimum absolute atomic E-state index is 0.00352. The molecule has 0 saturated carbocycles. The van der Waals surface area contributed by atoms with Crippen molar-refractivity contribution in [2.75, 3.05) is 19.6 Å². The van der Waals surface area contributed by atoms with Crippen LogP contribution in [0, 0.1) is 5.82 Å². The first kappa shape index (κ1) is 18.8. The number of benzene rings is 1. The molecular weight excluding hydrogens is 351 g/mol. The summed E-state index contributed by atoms with van der Waals surface area (Å²) in [6.45, 7) is 2.54. The highest BCUT2D eigenvalue weighted by atomic mass is 19.1. The molecule has 27 heavy (non-hydrogen) atoms. The largest absolute Gasteiger partial charge is 0.437 e. The van der Waals surface area contributed by atoms with E-state index in [1.54, 1.807) is 23.2 Å². The van der Waals surface area contributed by atoms with E-state index in [4.69, 9.17) is 4.74 Å². The Kier molecular flexibility index (Phi) is 5.95. The Labute approximate surface area is 156 Å². The minimum Gasteiger partial charge on any atom is -0.437 e. The third-order valence-corrected chi connectivity index (χ3v) is 4.33. The number of amides is 2. The first-order valence-electron chi connectivity index (χ1n) is 8.79. The summed E-state index contributed by atoms with van der Waals surface area (Å²) in [7, 11) is 0. The predicted molar refractivity (Wildman–Crippen MR) is 95.7 cm³/mol. The van der Waals surface area contributed by atoms with Crippen molar-refractivity contribution in [1.29, 1.82) is 0 Å². The molecule has 1 aromatic carbocycles. The van der Waals surface area contributed by atoms with Gasteiger partial charge in [0.15, 0.2) is 0 Å². The number of ether oxygens (including phenoxy) is 1. The molecule has 1 aliphatic rings. The first-order chi connectivity index (χ1) is 13.0. The fourth-order valence-corrected chi connectivity index (χ4v) is 3.02. The minimum atomic E-state index is -0.391. The third kappa shape index (κ3) is 5.22. The maximum atomic E-state index is 13.3. The molecule has 1 aliphatic heterocycles. The number of nitrogens with zero attached hydrogens (tertiary/aromatic N) is 3. The van der Waals surface area contributed by atoms with E-state index in [0.717, 1.165) is 18.5 Å². The molecule has 7 nitrogen and oxygen atoms in total. The van der Waals surface area contributed by atoms with Crippen LogP contribution in [0.4, 0.5) is 4.39 Å². The number of hydrogen-bond donors (Lipinski definition) is 1. The van der Waals surface area contributed by atoms with Crippen LogP contribution in [-0.4, -0.2) is 46.3 Å². The third-order valence-electron chi connectivity index (χ3n) is 4.33. The molecule has 3 rings (SSSR count). The monoisotopic (exact) mass is 372 g/mol. The Balaban J connectivity index is 1.67. The van der Waals surface area contributed by atoms with Gasteiger partial charge in [0, 0.05) is 38.2 Å². The molecule has 1 saturated heterocycles. The molecule has 1 atom stereocenters. The van der Waals surface area contributed by atoms with Gasteiger partial charge in [0.05, 0.1) is 18.4 Å². The van der Waals surface area contributed by atoms with Crippen molar-refractivity contribution >= 4 is 11.8 Å². The van der Waals surface area contributed by atoms with Crippen LogP contribution >= 0.6 is 0 Å². The van der Waals surface area contributed by atoms with Crippen LogP contribution in [0.15, 0.2) is 36.7 Å². The van der Waals surface area contributed by atoms with Gasteiger partial charge in [0.25, 0.3) is 0 Å². The zero-order chi connectivity index (χ0) is 19.2. The summed E-state index contributed by atoms with van der Waals surface area (Å²) in [4.78, 5) is 33.6. The van der Waals surface area contributed by atoms with Crippen molar-refractivity contribution in [3.8, 4) is 11.6 Å². The first-order valence-corrected chi connectivity index (χ1v) is 8.79. The molecule has 2 aromatic rings. The summed E-state index contributed by atoms with van der Waals surface area (Å²) in [6, 6.07) is 5.81. The summed E-state index contributed by atoms with van der Waals surface area (Å²) in [5, 5.41) is 2.53. The Morgan fingerprint density at radius 2 is 2.22 bits per heavy atom. The van der Waals surface area contributed by atoms with Gasteiger partial charge in [-0.25, -0.2) is 9.37 Å². The van der Waals surface area contributed by atoms with E-state index in [1.165, 1.54) is 25.3 Å². The fraction of sp³-hybridized carbons (Fsp3) is 0.368. The Morgan fingerprint density at radius 3 is 3.00 bits per heavy atom. The van der Waals surface area contributed by atoms with E-state index in [2.05, 4.69) is 15.3 Å². The molecule has 142 valence electrons.